The zero-order valence-electron chi connectivity index (χ0n) is 7.30. The monoisotopic (exact) mass is 242 g/mol. The molecule has 1 heterocycles. The summed E-state index contributed by atoms with van der Waals surface area (Å²) >= 11 is 0.403. The number of methoxy groups -OCH3 is 1. The summed E-state index contributed by atoms with van der Waals surface area (Å²) in [6.07, 6.45) is 1.90. The average Bonchev–Trinajstić information content (AvgIpc) is 2.71. The Hall–Kier alpha value is -0.991. The molecule has 0 saturated heterocycles. The topological polar surface area (TPSA) is 24.8 Å². The zero-order valence-corrected chi connectivity index (χ0v) is 9.02. The van der Waals surface area contributed by atoms with Crippen LogP contribution >= 0.6 is 0 Å². The number of nitrogens with zero attached hydrogens (tertiary/aromatic N) is 2. The van der Waals surface area contributed by atoms with E-state index in [4.69, 9.17) is 4.74 Å². The Morgan fingerprint density at radius 3 is 2.69 bits per heavy atom. The van der Waals surface area contributed by atoms with Crippen LogP contribution in [0.2, 0.25) is 0 Å². The molecule has 1 aromatic rings. The van der Waals surface area contributed by atoms with Crippen molar-refractivity contribution in [1.82, 2.24) is 0 Å². The third kappa shape index (κ3) is 1.84. The summed E-state index contributed by atoms with van der Waals surface area (Å²) in [7, 11) is 1.68. The Bertz CT molecular complexity index is 310. The summed E-state index contributed by atoms with van der Waals surface area (Å²) in [5.74, 6) is 0.894. The van der Waals surface area contributed by atoms with Gasteiger partial charge in [-0.15, -0.1) is 0 Å². The molecule has 0 saturated carbocycles. The van der Waals surface area contributed by atoms with Crippen LogP contribution in [0, 0.1) is 0 Å². The summed E-state index contributed by atoms with van der Waals surface area (Å²) in [6.45, 7) is 0. The van der Waals surface area contributed by atoms with Crippen molar-refractivity contribution in [3.8, 4) is 5.75 Å². The Balaban J connectivity index is 2.17. The van der Waals surface area contributed by atoms with Crippen LogP contribution < -0.4 is 9.64 Å². The summed E-state index contributed by atoms with van der Waals surface area (Å²) in [6, 6.07) is 8.03. The van der Waals surface area contributed by atoms with Gasteiger partial charge in [-0.1, -0.05) is 0 Å². The fourth-order valence-electron chi connectivity index (χ4n) is 1.13. The van der Waals surface area contributed by atoms with Crippen molar-refractivity contribution < 1.29 is 4.74 Å². The predicted molar refractivity (Wildman–Crippen MR) is 54.6 cm³/mol. The molecule has 0 spiro atoms. The molecule has 0 bridgehead atoms. The first kappa shape index (κ1) is 8.60. The number of benzene rings is 1. The summed E-state index contributed by atoms with van der Waals surface area (Å²) in [5, 5.41) is 0. The first-order chi connectivity index (χ1) is 6.40. The van der Waals surface area contributed by atoms with Crippen molar-refractivity contribution in [3.63, 3.8) is 0 Å². The van der Waals surface area contributed by atoms with Crippen molar-refractivity contribution in [2.75, 3.05) is 17.5 Å². The van der Waals surface area contributed by atoms with E-state index in [1.807, 2.05) is 30.6 Å². The van der Waals surface area contributed by atoms with E-state index in [2.05, 4.69) is 8.91 Å². The van der Waals surface area contributed by atoms with E-state index in [9.17, 15) is 0 Å². The fourth-order valence-corrected chi connectivity index (χ4v) is 2.37. The number of hydrogen-bond acceptors (Lipinski definition) is 3. The van der Waals surface area contributed by atoms with E-state index in [1.54, 1.807) is 7.11 Å². The normalized spacial score (nSPS) is 15.0. The van der Waals surface area contributed by atoms with Crippen LogP contribution in [-0.4, -0.2) is 34.1 Å². The second kappa shape index (κ2) is 3.81. The number of ether oxygens (including phenoxy) is 1. The summed E-state index contributed by atoms with van der Waals surface area (Å²) in [5.41, 5.74) is 2.23. The van der Waals surface area contributed by atoms with Gasteiger partial charge in [0, 0.05) is 0 Å². The van der Waals surface area contributed by atoms with Crippen LogP contribution in [0.5, 0.6) is 5.75 Å². The number of hydrogen-bond donors (Lipinski definition) is 0. The molecule has 4 heteroatoms. The molecule has 1 aromatic carbocycles. The first-order valence-corrected chi connectivity index (χ1v) is 5.94. The second-order valence-electron chi connectivity index (χ2n) is 2.65. The van der Waals surface area contributed by atoms with Crippen LogP contribution in [0.25, 0.3) is 0 Å². The maximum absolute atomic E-state index is 5.08. The van der Waals surface area contributed by atoms with E-state index in [0.717, 1.165) is 11.2 Å². The van der Waals surface area contributed by atoms with Gasteiger partial charge in [0.25, 0.3) is 0 Å². The molecule has 0 fully saturated rings. The third-order valence-electron chi connectivity index (χ3n) is 1.86. The van der Waals surface area contributed by atoms with E-state index in [0.29, 0.717) is 15.2 Å². The molecule has 0 amide bonds. The van der Waals surface area contributed by atoms with Crippen molar-refractivity contribution >= 4 is 27.2 Å². The second-order valence-corrected chi connectivity index (χ2v) is 4.17. The molecule has 68 valence electrons. The molecule has 2 rings (SSSR count). The van der Waals surface area contributed by atoms with Gasteiger partial charge in [0.1, 0.15) is 0 Å². The fraction of sp³-hybridized carbons (Fsp3) is 0.222. The van der Waals surface area contributed by atoms with Crippen LogP contribution in [-0.2, 0) is 0 Å². The van der Waals surface area contributed by atoms with Gasteiger partial charge in [0.2, 0.25) is 0 Å². The van der Waals surface area contributed by atoms with Crippen molar-refractivity contribution in [2.45, 2.75) is 0 Å². The molecule has 13 heavy (non-hydrogen) atoms. The van der Waals surface area contributed by atoms with Gasteiger partial charge in [-0.2, -0.15) is 0 Å². The average molecular weight is 241 g/mol. The quantitative estimate of drug-likeness (QED) is 0.725. The van der Waals surface area contributed by atoms with Crippen molar-refractivity contribution in [1.29, 1.82) is 0 Å². The van der Waals surface area contributed by atoms with Gasteiger partial charge in [-0.25, -0.2) is 0 Å². The summed E-state index contributed by atoms with van der Waals surface area (Å²) < 4.78 is 9.30. The Kier molecular flexibility index (Phi) is 2.52. The van der Waals surface area contributed by atoms with Gasteiger partial charge in [0.15, 0.2) is 0 Å². The minimum atomic E-state index is 0.403. The van der Waals surface area contributed by atoms with Gasteiger partial charge >= 0.3 is 83.4 Å². The Labute approximate surface area is 83.8 Å². The van der Waals surface area contributed by atoms with Crippen molar-refractivity contribution in [3.05, 3.63) is 24.3 Å². The molecule has 3 nitrogen and oxygen atoms in total. The van der Waals surface area contributed by atoms with Crippen LogP contribution in [0.15, 0.2) is 28.3 Å². The van der Waals surface area contributed by atoms with E-state index >= 15 is 0 Å². The molecular formula is C9H10N2OSe. The molecule has 0 N–H and O–H groups in total. The number of anilines is 1. The van der Waals surface area contributed by atoms with Gasteiger partial charge in [-0.05, 0) is 0 Å². The molecule has 0 radical (unpaired) electrons. The van der Waals surface area contributed by atoms with E-state index in [1.165, 1.54) is 5.69 Å². The Morgan fingerprint density at radius 1 is 1.38 bits per heavy atom. The Morgan fingerprint density at radius 2 is 2.15 bits per heavy atom. The van der Waals surface area contributed by atoms with Gasteiger partial charge in [0.05, 0.1) is 0 Å². The SMILES string of the molecule is COc1ccc(N2C=N[Se]C2)cc1. The molecule has 0 unspecified atom stereocenters. The standard InChI is InChI=1S/C9H10N2OSe/c1-12-9-4-2-8(3-5-9)11-6-10-13-7-11/h2-6H,7H2,1H3. The van der Waals surface area contributed by atoms with Crippen LogP contribution in [0.3, 0.4) is 0 Å². The minimum absolute atomic E-state index is 0.403. The molecular weight excluding hydrogens is 231 g/mol. The summed E-state index contributed by atoms with van der Waals surface area (Å²) in [4.78, 5) is 2.15. The molecule has 0 aromatic heterocycles. The van der Waals surface area contributed by atoms with Gasteiger partial charge in [-0.3, -0.25) is 0 Å². The van der Waals surface area contributed by atoms with E-state index in [-0.39, 0.29) is 0 Å². The molecule has 0 atom stereocenters. The van der Waals surface area contributed by atoms with Gasteiger partial charge < -0.3 is 0 Å². The molecule has 0 aliphatic carbocycles. The van der Waals surface area contributed by atoms with Crippen molar-refractivity contribution in [2.24, 2.45) is 4.01 Å². The van der Waals surface area contributed by atoms with E-state index < -0.39 is 0 Å². The van der Waals surface area contributed by atoms with Crippen LogP contribution in [0.1, 0.15) is 0 Å². The zero-order chi connectivity index (χ0) is 9.10. The molecule has 1 aliphatic heterocycles. The maximum atomic E-state index is 5.08. The molecule has 1 aliphatic rings. The first-order valence-electron chi connectivity index (χ1n) is 3.96. The predicted octanol–water partition coefficient (Wildman–Crippen LogP) is 1.12. The number of rotatable bonds is 2. The van der Waals surface area contributed by atoms with Crippen LogP contribution in [0.4, 0.5) is 5.69 Å². The third-order valence-corrected chi connectivity index (χ3v) is 3.20.